The fourth-order valence-electron chi connectivity index (χ4n) is 2.28. The molecule has 2 rings (SSSR count). The van der Waals surface area contributed by atoms with Gasteiger partial charge in [-0.05, 0) is 43.7 Å². The van der Waals surface area contributed by atoms with Crippen molar-refractivity contribution in [2.24, 2.45) is 0 Å². The van der Waals surface area contributed by atoms with Gasteiger partial charge in [0.05, 0.1) is 11.5 Å². The fourth-order valence-corrected chi connectivity index (χ4v) is 2.88. The van der Waals surface area contributed by atoms with Gasteiger partial charge in [0, 0.05) is 12.2 Å². The van der Waals surface area contributed by atoms with E-state index in [1.54, 1.807) is 0 Å². The maximum atomic E-state index is 12.8. The summed E-state index contributed by atoms with van der Waals surface area (Å²) in [5.41, 5.74) is 2.55. The molecule has 0 aliphatic heterocycles. The van der Waals surface area contributed by atoms with Crippen molar-refractivity contribution in [2.75, 3.05) is 16.8 Å². The van der Waals surface area contributed by atoms with Crippen molar-refractivity contribution in [1.82, 2.24) is 5.32 Å². The van der Waals surface area contributed by atoms with Crippen molar-refractivity contribution >= 4 is 35.2 Å². The first kappa shape index (κ1) is 22.4. The monoisotopic (exact) mass is 418 g/mol. The van der Waals surface area contributed by atoms with Crippen LogP contribution in [0.25, 0.3) is 0 Å². The quantitative estimate of drug-likeness (QED) is 0.612. The molecule has 0 saturated carbocycles. The number of esters is 1. The van der Waals surface area contributed by atoms with Gasteiger partial charge in [-0.15, -0.1) is 11.8 Å². The van der Waals surface area contributed by atoms with Gasteiger partial charge in [0.25, 0.3) is 5.91 Å². The summed E-state index contributed by atoms with van der Waals surface area (Å²) < 4.78 is 17.9. The number of halogens is 1. The molecule has 8 heteroatoms. The topological polar surface area (TPSA) is 84.5 Å². The number of amides is 2. The zero-order valence-corrected chi connectivity index (χ0v) is 17.1. The van der Waals surface area contributed by atoms with Gasteiger partial charge in [0.1, 0.15) is 5.82 Å². The minimum atomic E-state index is -0.929. The highest BCUT2D eigenvalue weighted by Gasteiger charge is 2.17. The molecule has 2 aromatic carbocycles. The molecule has 2 N–H and O–H groups in total. The third kappa shape index (κ3) is 8.35. The Kier molecular flexibility index (Phi) is 8.67. The summed E-state index contributed by atoms with van der Waals surface area (Å²) in [5, 5.41) is 5.31. The van der Waals surface area contributed by atoms with Gasteiger partial charge < -0.3 is 15.4 Å². The smallest absolute Gasteiger partial charge is 0.316 e. The van der Waals surface area contributed by atoms with E-state index in [2.05, 4.69) is 10.6 Å². The number of carbonyl (C=O) groups excluding carboxylic acids is 3. The highest BCUT2D eigenvalue weighted by Crippen LogP contribution is 2.10. The van der Waals surface area contributed by atoms with Crippen LogP contribution >= 0.6 is 11.8 Å². The van der Waals surface area contributed by atoms with Crippen LogP contribution in [0.1, 0.15) is 18.1 Å². The molecule has 0 aliphatic rings. The fraction of sp³-hybridized carbons (Fsp3) is 0.286. The van der Waals surface area contributed by atoms with Crippen molar-refractivity contribution in [3.8, 4) is 0 Å². The van der Waals surface area contributed by atoms with E-state index in [1.807, 2.05) is 31.2 Å². The second-order valence-corrected chi connectivity index (χ2v) is 7.37. The molecule has 1 atom stereocenters. The molecule has 0 saturated heterocycles. The Bertz CT molecular complexity index is 841. The summed E-state index contributed by atoms with van der Waals surface area (Å²) in [7, 11) is 0. The molecule has 0 radical (unpaired) electrons. The molecular formula is C21H23FN2O4S. The lowest BCUT2D eigenvalue weighted by Gasteiger charge is -2.13. The van der Waals surface area contributed by atoms with Crippen LogP contribution in [-0.2, 0) is 25.7 Å². The number of anilines is 1. The van der Waals surface area contributed by atoms with Crippen LogP contribution in [0.5, 0.6) is 0 Å². The maximum Gasteiger partial charge on any atom is 0.316 e. The molecule has 0 unspecified atom stereocenters. The number of nitrogens with one attached hydrogen (secondary N) is 2. The summed E-state index contributed by atoms with van der Waals surface area (Å²) >= 11 is 1.06. The number of ether oxygens (including phenoxy) is 1. The molecule has 6 nitrogen and oxygen atoms in total. The van der Waals surface area contributed by atoms with Crippen LogP contribution in [0.2, 0.25) is 0 Å². The van der Waals surface area contributed by atoms with Gasteiger partial charge >= 0.3 is 5.97 Å². The second-order valence-electron chi connectivity index (χ2n) is 6.38. The molecule has 0 heterocycles. The number of thioether (sulfide) groups is 1. The zero-order valence-electron chi connectivity index (χ0n) is 16.2. The molecule has 0 aromatic heterocycles. The van der Waals surface area contributed by atoms with E-state index in [4.69, 9.17) is 4.74 Å². The average Bonchev–Trinajstić information content (AvgIpc) is 2.69. The standard InChI is InChI=1S/C21H23FN2O4S/c1-14-3-5-16(6-4-14)11-23-21(27)15(2)28-20(26)13-29-12-19(25)24-18-9-7-17(22)8-10-18/h3-10,15H,11-13H2,1-2H3,(H,23,27)(H,24,25)/t15-/m0/s1. The maximum absolute atomic E-state index is 12.8. The van der Waals surface area contributed by atoms with Crippen LogP contribution in [0.3, 0.4) is 0 Å². The lowest BCUT2D eigenvalue weighted by molar-refractivity contribution is -0.152. The normalized spacial score (nSPS) is 11.4. The second kappa shape index (κ2) is 11.2. The molecular weight excluding hydrogens is 395 g/mol. The Morgan fingerprint density at radius 1 is 1.03 bits per heavy atom. The van der Waals surface area contributed by atoms with Gasteiger partial charge in [-0.3, -0.25) is 14.4 Å². The number of benzene rings is 2. The molecule has 0 spiro atoms. The van der Waals surface area contributed by atoms with E-state index < -0.39 is 23.8 Å². The predicted molar refractivity (Wildman–Crippen MR) is 111 cm³/mol. The predicted octanol–water partition coefficient (Wildman–Crippen LogP) is 3.05. The summed E-state index contributed by atoms with van der Waals surface area (Å²) in [6.45, 7) is 3.82. The lowest BCUT2D eigenvalue weighted by Crippen LogP contribution is -2.35. The van der Waals surface area contributed by atoms with Crippen molar-refractivity contribution < 1.29 is 23.5 Å². The summed E-state index contributed by atoms with van der Waals surface area (Å²) in [5.74, 6) is -1.72. The van der Waals surface area contributed by atoms with Crippen LogP contribution in [0.15, 0.2) is 48.5 Å². The number of hydrogen-bond acceptors (Lipinski definition) is 5. The highest BCUT2D eigenvalue weighted by atomic mass is 32.2. The van der Waals surface area contributed by atoms with Crippen molar-refractivity contribution in [1.29, 1.82) is 0 Å². The molecule has 2 amide bonds. The Morgan fingerprint density at radius 2 is 1.69 bits per heavy atom. The first-order valence-corrected chi connectivity index (χ1v) is 10.1. The molecule has 0 fully saturated rings. The number of carbonyl (C=O) groups is 3. The number of rotatable bonds is 9. The van der Waals surface area contributed by atoms with Gasteiger partial charge in [-0.1, -0.05) is 29.8 Å². The number of hydrogen-bond donors (Lipinski definition) is 2. The molecule has 29 heavy (non-hydrogen) atoms. The Labute approximate surface area is 173 Å². The average molecular weight is 418 g/mol. The van der Waals surface area contributed by atoms with Crippen molar-refractivity contribution in [2.45, 2.75) is 26.5 Å². The summed E-state index contributed by atoms with van der Waals surface area (Å²) in [6, 6.07) is 13.1. The molecule has 0 bridgehead atoms. The van der Waals surface area contributed by atoms with Crippen LogP contribution < -0.4 is 10.6 Å². The van der Waals surface area contributed by atoms with E-state index in [9.17, 15) is 18.8 Å². The molecule has 154 valence electrons. The van der Waals surface area contributed by atoms with E-state index in [0.717, 1.165) is 22.9 Å². The van der Waals surface area contributed by atoms with Crippen molar-refractivity contribution in [3.05, 3.63) is 65.5 Å². The minimum Gasteiger partial charge on any atom is -0.452 e. The van der Waals surface area contributed by atoms with E-state index >= 15 is 0 Å². The number of aryl methyl sites for hydroxylation is 1. The SMILES string of the molecule is Cc1ccc(CNC(=O)[C@H](C)OC(=O)CSCC(=O)Nc2ccc(F)cc2)cc1. The molecule has 0 aliphatic carbocycles. The minimum absolute atomic E-state index is 0.0283. The van der Waals surface area contributed by atoms with Crippen LogP contribution in [0.4, 0.5) is 10.1 Å². The highest BCUT2D eigenvalue weighted by molar-refractivity contribution is 8.00. The zero-order chi connectivity index (χ0) is 21.2. The third-order valence-electron chi connectivity index (χ3n) is 3.85. The Balaban J connectivity index is 1.64. The Morgan fingerprint density at radius 3 is 2.34 bits per heavy atom. The molecule has 2 aromatic rings. The van der Waals surface area contributed by atoms with Gasteiger partial charge in [-0.25, -0.2) is 4.39 Å². The van der Waals surface area contributed by atoms with Gasteiger partial charge in [0.15, 0.2) is 6.10 Å². The van der Waals surface area contributed by atoms with E-state index in [1.165, 1.54) is 31.2 Å². The third-order valence-corrected chi connectivity index (χ3v) is 4.75. The first-order valence-electron chi connectivity index (χ1n) is 8.99. The van der Waals surface area contributed by atoms with E-state index in [-0.39, 0.29) is 17.4 Å². The van der Waals surface area contributed by atoms with Crippen LogP contribution in [-0.4, -0.2) is 35.4 Å². The van der Waals surface area contributed by atoms with Gasteiger partial charge in [-0.2, -0.15) is 0 Å². The summed E-state index contributed by atoms with van der Waals surface area (Å²) in [4.78, 5) is 35.7. The lowest BCUT2D eigenvalue weighted by atomic mass is 10.1. The van der Waals surface area contributed by atoms with E-state index in [0.29, 0.717) is 12.2 Å². The largest absolute Gasteiger partial charge is 0.452 e. The van der Waals surface area contributed by atoms with Crippen LogP contribution in [0, 0.1) is 12.7 Å². The summed E-state index contributed by atoms with van der Waals surface area (Å²) in [6.07, 6.45) is -0.929. The first-order chi connectivity index (χ1) is 13.8. The van der Waals surface area contributed by atoms with Crippen molar-refractivity contribution in [3.63, 3.8) is 0 Å². The Hall–Kier alpha value is -2.87. The van der Waals surface area contributed by atoms with Gasteiger partial charge in [0.2, 0.25) is 5.91 Å².